The normalized spacial score (nSPS) is 12.6. The van der Waals surface area contributed by atoms with Gasteiger partial charge < -0.3 is 4.57 Å². The number of rotatable bonds is 11. The first-order valence-corrected chi connectivity index (χ1v) is 18.5. The molecule has 1 heteroatoms. The van der Waals surface area contributed by atoms with Crippen molar-refractivity contribution in [1.29, 1.82) is 0 Å². The van der Waals surface area contributed by atoms with Crippen molar-refractivity contribution in [2.24, 2.45) is 0 Å². The third-order valence-corrected chi connectivity index (χ3v) is 9.79. The summed E-state index contributed by atoms with van der Waals surface area (Å²) in [6, 6.07) is 52.4. The maximum absolute atomic E-state index is 4.99. The molecular formula is C52H45N. The average Bonchev–Trinajstić information content (AvgIpc) is 3.58. The maximum Gasteiger partial charge on any atom is 0.0626 e. The van der Waals surface area contributed by atoms with Crippen molar-refractivity contribution in [3.63, 3.8) is 0 Å². The van der Waals surface area contributed by atoms with Crippen LogP contribution in [0.5, 0.6) is 0 Å². The van der Waals surface area contributed by atoms with Crippen LogP contribution in [-0.4, -0.2) is 4.57 Å². The Morgan fingerprint density at radius 3 is 1.34 bits per heavy atom. The lowest BCUT2D eigenvalue weighted by atomic mass is 9.90. The van der Waals surface area contributed by atoms with Gasteiger partial charge in [-0.05, 0) is 59.2 Å². The number of benzene rings is 6. The second-order valence-corrected chi connectivity index (χ2v) is 13.1. The number of fused-ring (bicyclic) bond motifs is 3. The van der Waals surface area contributed by atoms with Crippen molar-refractivity contribution < 1.29 is 0 Å². The van der Waals surface area contributed by atoms with E-state index >= 15 is 0 Å². The first kappa shape index (κ1) is 35.0. The fourth-order valence-corrected chi connectivity index (χ4v) is 7.43. The van der Waals surface area contributed by atoms with Crippen LogP contribution in [0.3, 0.4) is 0 Å². The largest absolute Gasteiger partial charge is 0.308 e. The molecule has 0 saturated heterocycles. The van der Waals surface area contributed by atoms with Crippen LogP contribution in [0.1, 0.15) is 27.2 Å². The Kier molecular flexibility index (Phi) is 10.7. The number of hydrogen-bond donors (Lipinski definition) is 0. The lowest BCUT2D eigenvalue weighted by Crippen LogP contribution is -2.03. The second kappa shape index (κ2) is 16.3. The summed E-state index contributed by atoms with van der Waals surface area (Å²) in [5, 5.41) is 2.42. The second-order valence-electron chi connectivity index (χ2n) is 13.1. The molecule has 0 aliphatic heterocycles. The van der Waals surface area contributed by atoms with Gasteiger partial charge in [0.15, 0.2) is 0 Å². The third-order valence-electron chi connectivity index (χ3n) is 9.79. The zero-order valence-corrected chi connectivity index (χ0v) is 30.8. The van der Waals surface area contributed by atoms with E-state index in [1.165, 1.54) is 33.0 Å². The fourth-order valence-electron chi connectivity index (χ4n) is 7.43. The molecule has 0 unspecified atom stereocenters. The molecule has 1 aromatic heterocycles. The fraction of sp³-hybridized carbons (Fsp3) is 0.0769. The van der Waals surface area contributed by atoms with Crippen LogP contribution in [0.2, 0.25) is 0 Å². The van der Waals surface area contributed by atoms with E-state index in [1.54, 1.807) is 0 Å². The average molecular weight is 684 g/mol. The zero-order chi connectivity index (χ0) is 36.6. The Bertz CT molecular complexity index is 2380. The Labute approximate surface area is 314 Å². The molecule has 0 spiro atoms. The van der Waals surface area contributed by atoms with Gasteiger partial charge in [-0.2, -0.15) is 0 Å². The van der Waals surface area contributed by atoms with Gasteiger partial charge in [0.1, 0.15) is 0 Å². The molecule has 0 saturated carbocycles. The topological polar surface area (TPSA) is 4.93 Å². The van der Waals surface area contributed by atoms with Crippen LogP contribution in [0.15, 0.2) is 212 Å². The van der Waals surface area contributed by atoms with E-state index in [2.05, 4.69) is 220 Å². The van der Waals surface area contributed by atoms with Crippen molar-refractivity contribution >= 4 is 27.5 Å². The molecule has 0 aliphatic carbocycles. The van der Waals surface area contributed by atoms with Gasteiger partial charge >= 0.3 is 0 Å². The van der Waals surface area contributed by atoms with E-state index in [-0.39, 0.29) is 0 Å². The number of aromatic nitrogens is 1. The molecule has 6 aromatic carbocycles. The number of nitrogens with zero attached hydrogens (tertiary/aromatic N) is 1. The molecule has 0 aliphatic rings. The van der Waals surface area contributed by atoms with Gasteiger partial charge in [0.05, 0.1) is 11.0 Å². The zero-order valence-electron chi connectivity index (χ0n) is 30.8. The first-order chi connectivity index (χ1) is 26.2. The molecule has 7 aromatic rings. The van der Waals surface area contributed by atoms with Crippen molar-refractivity contribution in [2.45, 2.75) is 27.2 Å². The van der Waals surface area contributed by atoms with Crippen LogP contribution >= 0.6 is 0 Å². The molecule has 0 radical (unpaired) electrons. The smallest absolute Gasteiger partial charge is 0.0626 e. The van der Waals surface area contributed by atoms with Gasteiger partial charge in [-0.15, -0.1) is 0 Å². The maximum atomic E-state index is 4.99. The summed E-state index contributed by atoms with van der Waals surface area (Å²) in [6.45, 7) is 11.3. The molecule has 7 rings (SSSR count). The monoisotopic (exact) mass is 683 g/mol. The molecule has 0 amide bonds. The Balaban J connectivity index is 1.70. The van der Waals surface area contributed by atoms with Crippen molar-refractivity contribution in [3.8, 4) is 44.5 Å². The molecule has 258 valence electrons. The molecule has 0 fully saturated rings. The summed E-state index contributed by atoms with van der Waals surface area (Å²) >= 11 is 0. The molecule has 1 nitrogen and oxygen atoms in total. The third kappa shape index (κ3) is 6.95. The highest BCUT2D eigenvalue weighted by Crippen LogP contribution is 2.49. The van der Waals surface area contributed by atoms with E-state index in [4.69, 9.17) is 6.58 Å². The Hall–Kier alpha value is -6.44. The van der Waals surface area contributed by atoms with E-state index < -0.39 is 0 Å². The minimum Gasteiger partial charge on any atom is -0.308 e. The van der Waals surface area contributed by atoms with Gasteiger partial charge in [-0.25, -0.2) is 0 Å². The van der Waals surface area contributed by atoms with Crippen LogP contribution in [0.25, 0.3) is 72.0 Å². The van der Waals surface area contributed by atoms with E-state index in [1.807, 2.05) is 0 Å². The van der Waals surface area contributed by atoms with Gasteiger partial charge in [0.2, 0.25) is 0 Å². The summed E-state index contributed by atoms with van der Waals surface area (Å²) in [7, 11) is 0. The van der Waals surface area contributed by atoms with Crippen LogP contribution in [0, 0.1) is 0 Å². The molecule has 1 heterocycles. The minimum atomic E-state index is 0.916. The quantitative estimate of drug-likeness (QED) is 0.120. The van der Waals surface area contributed by atoms with E-state index in [9.17, 15) is 0 Å². The van der Waals surface area contributed by atoms with Gasteiger partial charge in [0, 0.05) is 33.2 Å². The Morgan fingerprint density at radius 1 is 0.528 bits per heavy atom. The van der Waals surface area contributed by atoms with E-state index in [0.29, 0.717) is 0 Å². The molecule has 0 atom stereocenters. The summed E-state index contributed by atoms with van der Waals surface area (Å²) in [6.07, 6.45) is 18.2. The lowest BCUT2D eigenvalue weighted by molar-refractivity contribution is 1.21. The summed E-state index contributed by atoms with van der Waals surface area (Å²) in [4.78, 5) is 0. The molecular weight excluding hydrogens is 639 g/mol. The predicted octanol–water partition coefficient (Wildman–Crippen LogP) is 14.9. The SMILES string of the molecule is C=C(C(=C\C)/C(/C=C\C)=C/C=C\C=C/CC)n1c2c(-c3ccccc3)ccc(-c3ccccc3)c2c2c(-c3ccccc3)ccc(-c3ccccc3)c21. The van der Waals surface area contributed by atoms with E-state index in [0.717, 1.165) is 56.6 Å². The summed E-state index contributed by atoms with van der Waals surface area (Å²) < 4.78 is 2.46. The summed E-state index contributed by atoms with van der Waals surface area (Å²) in [5.41, 5.74) is 14.7. The molecule has 53 heavy (non-hydrogen) atoms. The highest BCUT2D eigenvalue weighted by molar-refractivity contribution is 6.26. The number of hydrogen-bond acceptors (Lipinski definition) is 0. The number of allylic oxidation sites excluding steroid dienone is 11. The van der Waals surface area contributed by atoms with Crippen LogP contribution in [-0.2, 0) is 0 Å². The lowest BCUT2D eigenvalue weighted by Gasteiger charge is -2.20. The van der Waals surface area contributed by atoms with Gasteiger partial charge in [0.25, 0.3) is 0 Å². The van der Waals surface area contributed by atoms with Gasteiger partial charge in [-0.1, -0.05) is 208 Å². The van der Waals surface area contributed by atoms with Crippen molar-refractivity contribution in [2.75, 3.05) is 0 Å². The predicted molar refractivity (Wildman–Crippen MR) is 232 cm³/mol. The summed E-state index contributed by atoms with van der Waals surface area (Å²) in [5.74, 6) is 0. The Morgan fingerprint density at radius 2 is 0.943 bits per heavy atom. The minimum absolute atomic E-state index is 0.916. The standard InChI is InChI=1S/C52H45N/c1-5-8-9-10-15-25-39(24-6-2)44(7-3)38(4)53-51-47(42-30-20-13-21-31-42)36-34-45(40-26-16-11-17-27-40)49(51)50-46(41-28-18-12-19-29-41)35-37-48(52(50)53)43-32-22-14-23-33-43/h6-37H,4-5H2,1-3H3/b9-8-,15-10-,24-6-,39-25+,44-7+. The van der Waals surface area contributed by atoms with Crippen molar-refractivity contribution in [3.05, 3.63) is 212 Å². The molecule has 0 N–H and O–H groups in total. The highest BCUT2D eigenvalue weighted by atomic mass is 15.0. The van der Waals surface area contributed by atoms with Gasteiger partial charge in [-0.3, -0.25) is 0 Å². The first-order valence-electron chi connectivity index (χ1n) is 18.5. The van der Waals surface area contributed by atoms with Crippen LogP contribution in [0.4, 0.5) is 0 Å². The molecule has 0 bridgehead atoms. The highest BCUT2D eigenvalue weighted by Gasteiger charge is 2.26. The van der Waals surface area contributed by atoms with Crippen molar-refractivity contribution in [1.82, 2.24) is 4.57 Å². The van der Waals surface area contributed by atoms with Crippen LogP contribution < -0.4 is 0 Å².